The second kappa shape index (κ2) is 8.81. The Labute approximate surface area is 235 Å². The van der Waals surface area contributed by atoms with Crippen molar-refractivity contribution in [2.24, 2.45) is 21.7 Å². The lowest BCUT2D eigenvalue weighted by Crippen LogP contribution is -2.91. The normalized spacial score (nSPS) is 25.4. The summed E-state index contributed by atoms with van der Waals surface area (Å²) >= 11 is 0. The summed E-state index contributed by atoms with van der Waals surface area (Å²) < 4.78 is 6.35. The number of benzene rings is 2. The average Bonchev–Trinajstić information content (AvgIpc) is 2.76. The first-order valence-corrected chi connectivity index (χ1v) is 14.2. The summed E-state index contributed by atoms with van der Waals surface area (Å²) in [6.45, 7) is 25.5. The van der Waals surface area contributed by atoms with Crippen LogP contribution < -0.4 is 0 Å². The molecule has 4 rings (SSSR count). The van der Waals surface area contributed by atoms with Gasteiger partial charge in [-0.05, 0) is 65.9 Å². The molecule has 1 aliphatic carbocycles. The molecular weight excluding hydrogens is 482 g/mol. The molecule has 0 N–H and O–H groups in total. The summed E-state index contributed by atoms with van der Waals surface area (Å²) in [6.07, 6.45) is 0. The summed E-state index contributed by atoms with van der Waals surface area (Å²) in [7, 11) is 0. The van der Waals surface area contributed by atoms with Crippen LogP contribution in [0.2, 0.25) is 0 Å². The van der Waals surface area contributed by atoms with Crippen molar-refractivity contribution in [2.75, 3.05) is 0 Å². The first-order valence-electron chi connectivity index (χ1n) is 14.2. The van der Waals surface area contributed by atoms with Gasteiger partial charge in [0.05, 0.1) is 11.6 Å². The fraction of sp³-hybridized carbons (Fsp3) is 0.543. The van der Waals surface area contributed by atoms with Crippen LogP contribution in [0.5, 0.6) is 0 Å². The molecule has 210 valence electrons. The minimum Gasteiger partial charge on any atom is -0.459 e. The number of fused-ring (bicyclic) bond motifs is 1. The lowest BCUT2D eigenvalue weighted by atomic mass is 9.29. The predicted octanol–water partition coefficient (Wildman–Crippen LogP) is 8.40. The smallest absolute Gasteiger partial charge is 0.322 e. The van der Waals surface area contributed by atoms with E-state index in [1.54, 1.807) is 0 Å². The van der Waals surface area contributed by atoms with Gasteiger partial charge in [-0.15, -0.1) is 0 Å². The number of hydrogen-bond acceptors (Lipinski definition) is 3. The second-order valence-corrected chi connectivity index (χ2v) is 15.4. The lowest BCUT2D eigenvalue weighted by Gasteiger charge is -2.83. The van der Waals surface area contributed by atoms with E-state index in [9.17, 15) is 9.59 Å². The Morgan fingerprint density at radius 3 is 1.56 bits per heavy atom. The van der Waals surface area contributed by atoms with Crippen LogP contribution in [0.4, 0.5) is 0 Å². The molecule has 0 radical (unpaired) electrons. The predicted molar refractivity (Wildman–Crippen MR) is 158 cm³/mol. The zero-order chi connectivity index (χ0) is 29.4. The summed E-state index contributed by atoms with van der Waals surface area (Å²) in [5.74, 6) is -0.304. The number of nitrogens with zero attached hydrogens (tertiary/aromatic N) is 1. The molecule has 3 unspecified atom stereocenters. The zero-order valence-corrected chi connectivity index (χ0v) is 26.0. The van der Waals surface area contributed by atoms with Crippen LogP contribution in [0, 0.1) is 21.7 Å². The van der Waals surface area contributed by atoms with Crippen molar-refractivity contribution in [3.63, 3.8) is 0 Å². The molecule has 39 heavy (non-hydrogen) atoms. The molecule has 1 fully saturated rings. The lowest BCUT2D eigenvalue weighted by molar-refractivity contribution is -0.252. The van der Waals surface area contributed by atoms with E-state index in [1.807, 2.05) is 86.3 Å². The van der Waals surface area contributed by atoms with Crippen LogP contribution >= 0.6 is 0 Å². The molecular formula is C35H47NO3. The number of ether oxygens (including phenoxy) is 1. The van der Waals surface area contributed by atoms with E-state index in [2.05, 4.69) is 62.3 Å². The highest BCUT2D eigenvalue weighted by Gasteiger charge is 2.89. The molecule has 1 heterocycles. The zero-order valence-electron chi connectivity index (χ0n) is 26.0. The number of carbonyl (C=O) groups is 2. The summed E-state index contributed by atoms with van der Waals surface area (Å²) in [6, 6.07) is 19.0. The molecule has 3 atom stereocenters. The third-order valence-corrected chi connectivity index (χ3v) is 8.27. The Kier molecular flexibility index (Phi) is 6.58. The van der Waals surface area contributed by atoms with Gasteiger partial charge in [-0.3, -0.25) is 9.59 Å². The third kappa shape index (κ3) is 4.00. The van der Waals surface area contributed by atoms with E-state index in [0.29, 0.717) is 5.56 Å². The molecule has 1 saturated heterocycles. The fourth-order valence-electron chi connectivity index (χ4n) is 7.62. The van der Waals surface area contributed by atoms with Gasteiger partial charge in [0.1, 0.15) is 11.0 Å². The molecule has 2 aromatic carbocycles. The van der Waals surface area contributed by atoms with Crippen molar-refractivity contribution in [2.45, 2.75) is 100 Å². The van der Waals surface area contributed by atoms with E-state index in [4.69, 9.17) is 4.74 Å². The molecule has 0 spiro atoms. The van der Waals surface area contributed by atoms with Crippen LogP contribution in [0.3, 0.4) is 0 Å². The largest absolute Gasteiger partial charge is 0.459 e. The van der Waals surface area contributed by atoms with Gasteiger partial charge < -0.3 is 9.64 Å². The van der Waals surface area contributed by atoms with Crippen molar-refractivity contribution < 1.29 is 14.3 Å². The summed E-state index contributed by atoms with van der Waals surface area (Å²) in [5, 5.41) is 0. The van der Waals surface area contributed by atoms with Gasteiger partial charge in [0.25, 0.3) is 5.91 Å². The Morgan fingerprint density at radius 1 is 0.692 bits per heavy atom. The summed E-state index contributed by atoms with van der Waals surface area (Å²) in [5.41, 5.74) is 0.163. The van der Waals surface area contributed by atoms with Crippen LogP contribution in [0.15, 0.2) is 71.8 Å². The standard InChI is InChI=1S/C35H47NO3/c1-30(2,3)25-26(31(4,5)6)35(32(7,8)9)34(25,29(38)39-33(10,11)12)27(23-19-15-13-16-20-23)36(35)28(37)24-21-17-14-18-22-24/h13-22,27H,1-12H3. The van der Waals surface area contributed by atoms with E-state index in [0.717, 1.165) is 11.1 Å². The Balaban J connectivity index is 2.20. The average molecular weight is 530 g/mol. The fourth-order valence-corrected chi connectivity index (χ4v) is 7.62. The quantitative estimate of drug-likeness (QED) is 0.296. The molecule has 4 heteroatoms. The number of carbonyl (C=O) groups excluding carboxylic acids is 2. The second-order valence-electron chi connectivity index (χ2n) is 15.4. The van der Waals surface area contributed by atoms with Crippen LogP contribution in [-0.4, -0.2) is 27.9 Å². The molecule has 1 aliphatic heterocycles. The molecule has 0 saturated carbocycles. The molecule has 1 amide bonds. The molecule has 4 nitrogen and oxygen atoms in total. The Hall–Kier alpha value is -2.88. The van der Waals surface area contributed by atoms with Gasteiger partial charge in [-0.25, -0.2) is 0 Å². The maximum Gasteiger partial charge on any atom is 0.322 e. The maximum absolute atomic E-state index is 14.9. The molecule has 0 aromatic heterocycles. The molecule has 2 aromatic rings. The van der Waals surface area contributed by atoms with Crippen molar-refractivity contribution in [3.8, 4) is 0 Å². The van der Waals surface area contributed by atoms with Gasteiger partial charge in [0, 0.05) is 5.56 Å². The first-order chi connectivity index (χ1) is 17.7. The highest BCUT2D eigenvalue weighted by atomic mass is 16.6. The molecule has 2 aliphatic rings. The van der Waals surface area contributed by atoms with Crippen LogP contribution in [-0.2, 0) is 9.53 Å². The van der Waals surface area contributed by atoms with Gasteiger partial charge in [0.15, 0.2) is 0 Å². The number of likely N-dealkylation sites (tertiary alicyclic amines) is 1. The third-order valence-electron chi connectivity index (χ3n) is 8.27. The van der Waals surface area contributed by atoms with Gasteiger partial charge in [-0.2, -0.15) is 0 Å². The first kappa shape index (κ1) is 29.1. The highest BCUT2D eigenvalue weighted by molar-refractivity contribution is 6.03. The van der Waals surface area contributed by atoms with Gasteiger partial charge in [-0.1, -0.05) is 111 Å². The minimum absolute atomic E-state index is 0.0618. The van der Waals surface area contributed by atoms with Crippen molar-refractivity contribution in [1.29, 1.82) is 0 Å². The Bertz CT molecular complexity index is 1300. The van der Waals surface area contributed by atoms with Crippen molar-refractivity contribution in [1.82, 2.24) is 4.90 Å². The van der Waals surface area contributed by atoms with Crippen molar-refractivity contribution >= 4 is 11.9 Å². The monoisotopic (exact) mass is 529 g/mol. The minimum atomic E-state index is -1.04. The van der Waals surface area contributed by atoms with Crippen molar-refractivity contribution in [3.05, 3.63) is 82.9 Å². The molecule has 0 bridgehead atoms. The number of amides is 1. The van der Waals surface area contributed by atoms with E-state index < -0.39 is 28.0 Å². The Morgan fingerprint density at radius 2 is 1.15 bits per heavy atom. The van der Waals surface area contributed by atoms with E-state index in [-0.39, 0.29) is 22.7 Å². The maximum atomic E-state index is 14.9. The van der Waals surface area contributed by atoms with Gasteiger partial charge >= 0.3 is 5.97 Å². The number of esters is 1. The van der Waals surface area contributed by atoms with Gasteiger partial charge in [0.2, 0.25) is 0 Å². The highest BCUT2D eigenvalue weighted by Crippen LogP contribution is 2.83. The van der Waals surface area contributed by atoms with E-state index in [1.165, 1.54) is 5.57 Å². The SMILES string of the molecule is CC(C)(C)OC(=O)C12C(C(C)(C)C)=C(C(C)(C)C)C1(C(C)(C)C)N(C(=O)c1ccccc1)C2c1ccccc1. The van der Waals surface area contributed by atoms with Crippen LogP contribution in [0.25, 0.3) is 0 Å². The topological polar surface area (TPSA) is 46.6 Å². The number of rotatable bonds is 3. The van der Waals surface area contributed by atoms with E-state index >= 15 is 0 Å². The number of hydrogen-bond donors (Lipinski definition) is 0. The summed E-state index contributed by atoms with van der Waals surface area (Å²) in [4.78, 5) is 31.6. The van der Waals surface area contributed by atoms with Crippen LogP contribution in [0.1, 0.15) is 105 Å².